The van der Waals surface area contributed by atoms with Crippen LogP contribution in [0.4, 0.5) is 0 Å². The third-order valence-electron chi connectivity index (χ3n) is 8.53. The number of hydrogen-bond donors (Lipinski definition) is 1. The monoisotopic (exact) mass is 373 g/mol. The lowest BCUT2D eigenvalue weighted by Gasteiger charge is -2.58. The highest BCUT2D eigenvalue weighted by Crippen LogP contribution is 2.65. The molecule has 27 heavy (non-hydrogen) atoms. The van der Waals surface area contributed by atoms with Crippen LogP contribution in [0.3, 0.4) is 0 Å². The first-order valence-corrected chi connectivity index (χ1v) is 10.9. The zero-order chi connectivity index (χ0) is 19.4. The summed E-state index contributed by atoms with van der Waals surface area (Å²) in [5.74, 6) is 2.58. The van der Waals surface area contributed by atoms with Gasteiger partial charge in [0.15, 0.2) is 0 Å². The van der Waals surface area contributed by atoms with Crippen LogP contribution in [0, 0.1) is 40.4 Å². The fraction of sp³-hybridized carbons (Fsp3) is 0.826. The van der Waals surface area contributed by atoms with Gasteiger partial charge in [-0.1, -0.05) is 33.8 Å². The minimum Gasteiger partial charge on any atom is -0.458 e. The zero-order valence-corrected chi connectivity index (χ0v) is 17.3. The van der Waals surface area contributed by atoms with E-state index in [0.717, 1.165) is 38.6 Å². The molecule has 0 radical (unpaired) electrons. The summed E-state index contributed by atoms with van der Waals surface area (Å²) in [5, 5.41) is 3.20. The molecule has 0 aromatic carbocycles. The van der Waals surface area contributed by atoms with Gasteiger partial charge >= 0.3 is 5.97 Å². The molecule has 0 aromatic heterocycles. The molecule has 0 bridgehead atoms. The van der Waals surface area contributed by atoms with Gasteiger partial charge in [0.25, 0.3) is 0 Å². The Bertz CT molecular complexity index is 656. The molecule has 1 heterocycles. The Morgan fingerprint density at radius 3 is 2.70 bits per heavy atom. The molecular formula is C23H35NO3. The minimum atomic E-state index is -0.181. The van der Waals surface area contributed by atoms with Crippen molar-refractivity contribution < 1.29 is 14.3 Å². The van der Waals surface area contributed by atoms with Crippen LogP contribution in [0.1, 0.15) is 66.2 Å². The van der Waals surface area contributed by atoms with E-state index >= 15 is 0 Å². The summed E-state index contributed by atoms with van der Waals surface area (Å²) >= 11 is 0. The summed E-state index contributed by atoms with van der Waals surface area (Å²) in [6.07, 6.45) is 10.4. The summed E-state index contributed by atoms with van der Waals surface area (Å²) in [4.78, 5) is 24.6. The minimum absolute atomic E-state index is 0.0316. The van der Waals surface area contributed by atoms with Gasteiger partial charge in [0.05, 0.1) is 0 Å². The molecule has 4 aliphatic rings. The van der Waals surface area contributed by atoms with Crippen LogP contribution < -0.4 is 5.32 Å². The van der Waals surface area contributed by atoms with Crippen LogP contribution in [-0.2, 0) is 14.3 Å². The third kappa shape index (κ3) is 2.94. The van der Waals surface area contributed by atoms with Gasteiger partial charge in [-0.15, -0.1) is 0 Å². The van der Waals surface area contributed by atoms with Gasteiger partial charge in [-0.05, 0) is 67.6 Å². The van der Waals surface area contributed by atoms with Crippen molar-refractivity contribution in [1.29, 1.82) is 0 Å². The first kappa shape index (κ1) is 19.0. The van der Waals surface area contributed by atoms with Gasteiger partial charge in [0.2, 0.25) is 5.91 Å². The number of amides is 1. The van der Waals surface area contributed by atoms with Crippen LogP contribution >= 0.6 is 0 Å². The molecular weight excluding hydrogens is 338 g/mol. The SMILES string of the molecule is CC(C)CNC(=O)C1CC[C@H]2[C@@H]3CCC4OC(=O)C=C[C@]4(C)[C@@H]3CC[C@]12C. The molecule has 1 amide bonds. The number of hydrogen-bond acceptors (Lipinski definition) is 3. The molecule has 4 nitrogen and oxygen atoms in total. The maximum Gasteiger partial charge on any atom is 0.330 e. The first-order valence-electron chi connectivity index (χ1n) is 10.9. The van der Waals surface area contributed by atoms with Gasteiger partial charge in [-0.25, -0.2) is 4.79 Å². The molecule has 1 aliphatic heterocycles. The van der Waals surface area contributed by atoms with Gasteiger partial charge < -0.3 is 10.1 Å². The van der Waals surface area contributed by atoms with Gasteiger partial charge in [0.1, 0.15) is 6.10 Å². The fourth-order valence-corrected chi connectivity index (χ4v) is 7.06. The van der Waals surface area contributed by atoms with Crippen LogP contribution in [0.5, 0.6) is 0 Å². The number of esters is 1. The molecule has 3 saturated carbocycles. The lowest BCUT2D eigenvalue weighted by Crippen LogP contribution is -2.55. The van der Waals surface area contributed by atoms with E-state index in [2.05, 4.69) is 39.1 Å². The van der Waals surface area contributed by atoms with E-state index in [1.165, 1.54) is 6.42 Å². The molecule has 3 fully saturated rings. The second-order valence-corrected chi connectivity index (χ2v) is 10.4. The Hall–Kier alpha value is -1.32. The number of rotatable bonds is 3. The number of fused-ring (bicyclic) bond motifs is 5. The Morgan fingerprint density at radius 1 is 1.19 bits per heavy atom. The molecule has 0 spiro atoms. The average molecular weight is 374 g/mol. The number of ether oxygens (including phenoxy) is 1. The van der Waals surface area contributed by atoms with Crippen molar-refractivity contribution in [3.63, 3.8) is 0 Å². The second-order valence-electron chi connectivity index (χ2n) is 10.4. The van der Waals surface area contributed by atoms with E-state index < -0.39 is 0 Å². The molecule has 7 atom stereocenters. The standard InChI is InChI=1S/C23H35NO3/c1-14(2)13-24-21(26)18-7-6-16-15-5-8-19-23(4,12-10-20(25)27-19)17(15)9-11-22(16,18)3/h10,12,14-19H,5-9,11,13H2,1-4H3,(H,24,26)/t15-,16-,17+,18?,19?,22-,23+/m0/s1. The predicted molar refractivity (Wildman–Crippen MR) is 105 cm³/mol. The maximum atomic E-state index is 12.9. The van der Waals surface area contributed by atoms with Crippen molar-refractivity contribution in [2.24, 2.45) is 40.4 Å². The smallest absolute Gasteiger partial charge is 0.330 e. The highest BCUT2D eigenvalue weighted by molar-refractivity contribution is 5.83. The van der Waals surface area contributed by atoms with E-state index in [1.54, 1.807) is 6.08 Å². The quantitative estimate of drug-likeness (QED) is 0.758. The summed E-state index contributed by atoms with van der Waals surface area (Å²) in [6, 6.07) is 0. The van der Waals surface area contributed by atoms with Crippen LogP contribution in [0.15, 0.2) is 12.2 Å². The first-order chi connectivity index (χ1) is 12.8. The highest BCUT2D eigenvalue weighted by Gasteiger charge is 2.61. The number of carbonyl (C=O) groups is 2. The number of carbonyl (C=O) groups excluding carboxylic acids is 2. The Kier molecular flexibility index (Phi) is 4.67. The summed E-state index contributed by atoms with van der Waals surface area (Å²) in [5.41, 5.74) is 0.0939. The Balaban J connectivity index is 1.54. The third-order valence-corrected chi connectivity index (χ3v) is 8.53. The molecule has 4 rings (SSSR count). The van der Waals surface area contributed by atoms with Gasteiger partial charge in [-0.3, -0.25) is 4.79 Å². The predicted octanol–water partition coefficient (Wildman–Crippen LogP) is 4.10. The molecule has 0 saturated heterocycles. The van der Waals surface area contributed by atoms with E-state index in [1.807, 2.05) is 0 Å². The fourth-order valence-electron chi connectivity index (χ4n) is 7.06. The van der Waals surface area contributed by atoms with E-state index in [0.29, 0.717) is 23.7 Å². The molecule has 2 unspecified atom stereocenters. The van der Waals surface area contributed by atoms with E-state index in [9.17, 15) is 9.59 Å². The average Bonchev–Trinajstić information content (AvgIpc) is 2.97. The van der Waals surface area contributed by atoms with Crippen molar-refractivity contribution in [3.8, 4) is 0 Å². The second kappa shape index (κ2) is 6.63. The summed E-state index contributed by atoms with van der Waals surface area (Å²) in [7, 11) is 0. The molecule has 3 aliphatic carbocycles. The van der Waals surface area contributed by atoms with Crippen LogP contribution in [-0.4, -0.2) is 24.5 Å². The van der Waals surface area contributed by atoms with Crippen molar-refractivity contribution >= 4 is 11.9 Å². The Labute approximate surface area is 163 Å². The molecule has 0 aromatic rings. The lowest BCUT2D eigenvalue weighted by atomic mass is 9.48. The van der Waals surface area contributed by atoms with Crippen molar-refractivity contribution in [1.82, 2.24) is 5.32 Å². The van der Waals surface area contributed by atoms with E-state index in [-0.39, 0.29) is 34.7 Å². The topological polar surface area (TPSA) is 55.4 Å². The highest BCUT2D eigenvalue weighted by atomic mass is 16.5. The van der Waals surface area contributed by atoms with Crippen molar-refractivity contribution in [2.75, 3.05) is 6.54 Å². The van der Waals surface area contributed by atoms with Crippen LogP contribution in [0.2, 0.25) is 0 Å². The lowest BCUT2D eigenvalue weighted by molar-refractivity contribution is -0.168. The summed E-state index contributed by atoms with van der Waals surface area (Å²) in [6.45, 7) is 9.74. The van der Waals surface area contributed by atoms with Crippen LogP contribution in [0.25, 0.3) is 0 Å². The summed E-state index contributed by atoms with van der Waals surface area (Å²) < 4.78 is 5.70. The largest absolute Gasteiger partial charge is 0.458 e. The van der Waals surface area contributed by atoms with Gasteiger partial charge in [0, 0.05) is 24.0 Å². The molecule has 1 N–H and O–H groups in total. The Morgan fingerprint density at radius 2 is 1.96 bits per heavy atom. The molecule has 4 heteroatoms. The van der Waals surface area contributed by atoms with Crippen molar-refractivity contribution in [2.45, 2.75) is 72.3 Å². The molecule has 150 valence electrons. The van der Waals surface area contributed by atoms with Gasteiger partial charge in [-0.2, -0.15) is 0 Å². The normalized spacial score (nSPS) is 45.7. The zero-order valence-electron chi connectivity index (χ0n) is 17.3. The maximum absolute atomic E-state index is 12.9. The van der Waals surface area contributed by atoms with Crippen molar-refractivity contribution in [3.05, 3.63) is 12.2 Å². The number of nitrogens with one attached hydrogen (secondary N) is 1. The van der Waals surface area contributed by atoms with E-state index in [4.69, 9.17) is 4.74 Å².